The van der Waals surface area contributed by atoms with Crippen LogP contribution in [0.1, 0.15) is 47.2 Å². The van der Waals surface area contributed by atoms with E-state index in [0.29, 0.717) is 54.9 Å². The zero-order valence-corrected chi connectivity index (χ0v) is 21.5. The Hall–Kier alpha value is -3.27. The van der Waals surface area contributed by atoms with Crippen LogP contribution in [0.2, 0.25) is 0 Å². The number of aromatic nitrogens is 3. The highest BCUT2D eigenvalue weighted by Crippen LogP contribution is 2.33. The quantitative estimate of drug-likeness (QED) is 0.496. The Morgan fingerprint density at radius 1 is 1.03 bits per heavy atom. The van der Waals surface area contributed by atoms with E-state index < -0.39 is 9.84 Å². The second-order valence-electron chi connectivity index (χ2n) is 9.77. The summed E-state index contributed by atoms with van der Waals surface area (Å²) in [5, 5.41) is 0. The molecule has 4 heterocycles. The SMILES string of the molecule is COC(=O)C1CCN(C(=O)c2nc(-c3ccc(C)cc3)cc3c2nc(C)n3C2CCS(=O)(=O)C2)CC1. The monoisotopic (exact) mass is 510 g/mol. The molecule has 3 aromatic rings. The van der Waals surface area contributed by atoms with Crippen molar-refractivity contribution in [3.8, 4) is 11.3 Å². The van der Waals surface area contributed by atoms with Crippen molar-refractivity contribution >= 4 is 32.7 Å². The number of imidazole rings is 1. The number of carbonyl (C=O) groups is 2. The predicted octanol–water partition coefficient (Wildman–Crippen LogP) is 3.10. The fourth-order valence-corrected chi connectivity index (χ4v) is 7.00. The number of esters is 1. The molecule has 0 radical (unpaired) electrons. The lowest BCUT2D eigenvalue weighted by Crippen LogP contribution is -2.41. The van der Waals surface area contributed by atoms with Crippen LogP contribution in [0.15, 0.2) is 30.3 Å². The van der Waals surface area contributed by atoms with Crippen LogP contribution < -0.4 is 0 Å². The molecule has 0 aliphatic carbocycles. The number of sulfone groups is 1. The van der Waals surface area contributed by atoms with Crippen molar-refractivity contribution < 1.29 is 22.7 Å². The van der Waals surface area contributed by atoms with Gasteiger partial charge in [-0.25, -0.2) is 18.4 Å². The molecule has 2 saturated heterocycles. The van der Waals surface area contributed by atoms with Gasteiger partial charge >= 0.3 is 5.97 Å². The second-order valence-corrected chi connectivity index (χ2v) is 12.0. The van der Waals surface area contributed by atoms with Gasteiger partial charge in [0.25, 0.3) is 5.91 Å². The minimum absolute atomic E-state index is 0.0613. The standard InChI is InChI=1S/C26H30N4O5S/c1-16-4-6-18(7-5-16)21-14-22-23(27-17(2)30(22)20-10-13-36(33,34)15-20)24(28-21)25(31)29-11-8-19(9-12-29)26(32)35-3/h4-7,14,19-20H,8-13,15H2,1-3H3. The molecule has 1 atom stereocenters. The summed E-state index contributed by atoms with van der Waals surface area (Å²) >= 11 is 0. The van der Waals surface area contributed by atoms with Gasteiger partial charge in [-0.05, 0) is 39.2 Å². The Bertz CT molecular complexity index is 1440. The third-order valence-corrected chi connectivity index (χ3v) is 9.04. The average Bonchev–Trinajstić information content (AvgIpc) is 3.40. The van der Waals surface area contributed by atoms with Gasteiger partial charge in [-0.3, -0.25) is 9.59 Å². The molecule has 10 heteroatoms. The van der Waals surface area contributed by atoms with E-state index in [0.717, 1.165) is 11.1 Å². The Morgan fingerprint density at radius 3 is 2.33 bits per heavy atom. The molecular weight excluding hydrogens is 480 g/mol. The maximum Gasteiger partial charge on any atom is 0.308 e. The number of likely N-dealkylation sites (tertiary alicyclic amines) is 1. The number of aryl methyl sites for hydroxylation is 2. The molecule has 2 aliphatic rings. The predicted molar refractivity (Wildman–Crippen MR) is 135 cm³/mol. The van der Waals surface area contributed by atoms with Crippen LogP contribution in [-0.4, -0.2) is 71.4 Å². The number of hydrogen-bond acceptors (Lipinski definition) is 7. The van der Waals surface area contributed by atoms with Gasteiger partial charge in [-0.2, -0.15) is 0 Å². The number of rotatable bonds is 4. The number of benzene rings is 1. The highest BCUT2D eigenvalue weighted by Gasteiger charge is 2.34. The lowest BCUT2D eigenvalue weighted by Gasteiger charge is -2.30. The van der Waals surface area contributed by atoms with Gasteiger partial charge in [0.15, 0.2) is 15.5 Å². The summed E-state index contributed by atoms with van der Waals surface area (Å²) in [6.07, 6.45) is 1.58. The number of methoxy groups -OCH3 is 1. The van der Waals surface area contributed by atoms with Crippen molar-refractivity contribution in [3.05, 3.63) is 47.4 Å². The van der Waals surface area contributed by atoms with Crippen molar-refractivity contribution in [3.63, 3.8) is 0 Å². The van der Waals surface area contributed by atoms with E-state index in [1.807, 2.05) is 48.7 Å². The smallest absolute Gasteiger partial charge is 0.308 e. The first-order chi connectivity index (χ1) is 17.2. The molecule has 9 nitrogen and oxygen atoms in total. The Kier molecular flexibility index (Phi) is 6.32. The molecule has 2 aliphatic heterocycles. The molecule has 2 fully saturated rings. The van der Waals surface area contributed by atoms with E-state index in [-0.39, 0.29) is 41.0 Å². The molecule has 1 aromatic carbocycles. The van der Waals surface area contributed by atoms with Crippen LogP contribution in [0.25, 0.3) is 22.3 Å². The summed E-state index contributed by atoms with van der Waals surface area (Å²) in [4.78, 5) is 36.9. The topological polar surface area (TPSA) is 111 Å². The maximum atomic E-state index is 13.7. The highest BCUT2D eigenvalue weighted by atomic mass is 32.2. The number of carbonyl (C=O) groups excluding carboxylic acids is 2. The summed E-state index contributed by atoms with van der Waals surface area (Å²) < 4.78 is 31.3. The van der Waals surface area contributed by atoms with Gasteiger partial charge in [-0.15, -0.1) is 0 Å². The van der Waals surface area contributed by atoms with Crippen LogP contribution in [-0.2, 0) is 19.4 Å². The van der Waals surface area contributed by atoms with E-state index in [1.54, 1.807) is 4.90 Å². The zero-order valence-electron chi connectivity index (χ0n) is 20.7. The lowest BCUT2D eigenvalue weighted by atomic mass is 9.96. The van der Waals surface area contributed by atoms with Gasteiger partial charge in [0.2, 0.25) is 0 Å². The number of ether oxygens (including phenoxy) is 1. The summed E-state index contributed by atoms with van der Waals surface area (Å²) in [6, 6.07) is 9.59. The van der Waals surface area contributed by atoms with E-state index >= 15 is 0 Å². The first-order valence-electron chi connectivity index (χ1n) is 12.2. The normalized spacial score (nSPS) is 20.1. The van der Waals surface area contributed by atoms with Gasteiger partial charge in [0, 0.05) is 18.7 Å². The largest absolute Gasteiger partial charge is 0.469 e. The molecule has 2 aromatic heterocycles. The zero-order chi connectivity index (χ0) is 25.6. The fourth-order valence-electron chi connectivity index (χ4n) is 5.30. The maximum absolute atomic E-state index is 13.7. The Labute approximate surface area is 210 Å². The first kappa shape index (κ1) is 24.4. The molecule has 0 N–H and O–H groups in total. The number of pyridine rings is 1. The lowest BCUT2D eigenvalue weighted by molar-refractivity contribution is -0.146. The average molecular weight is 511 g/mol. The molecule has 5 rings (SSSR count). The minimum Gasteiger partial charge on any atom is -0.469 e. The Balaban J connectivity index is 1.59. The van der Waals surface area contributed by atoms with Gasteiger partial charge in [-0.1, -0.05) is 29.8 Å². The molecule has 1 amide bonds. The van der Waals surface area contributed by atoms with Crippen LogP contribution in [0.4, 0.5) is 0 Å². The Morgan fingerprint density at radius 2 is 1.72 bits per heavy atom. The number of amides is 1. The first-order valence-corrected chi connectivity index (χ1v) is 14.0. The van der Waals surface area contributed by atoms with Crippen LogP contribution in [0, 0.1) is 19.8 Å². The minimum atomic E-state index is -3.11. The van der Waals surface area contributed by atoms with Crippen LogP contribution in [0.5, 0.6) is 0 Å². The molecule has 1 unspecified atom stereocenters. The highest BCUT2D eigenvalue weighted by molar-refractivity contribution is 7.91. The van der Waals surface area contributed by atoms with Crippen LogP contribution >= 0.6 is 0 Å². The third-order valence-electron chi connectivity index (χ3n) is 7.29. The molecule has 36 heavy (non-hydrogen) atoms. The molecule has 190 valence electrons. The third kappa shape index (κ3) is 4.50. The van der Waals surface area contributed by atoms with Gasteiger partial charge in [0.05, 0.1) is 41.8 Å². The van der Waals surface area contributed by atoms with E-state index in [4.69, 9.17) is 14.7 Å². The van der Waals surface area contributed by atoms with Crippen molar-refractivity contribution in [2.45, 2.75) is 39.2 Å². The van der Waals surface area contributed by atoms with Crippen molar-refractivity contribution in [1.29, 1.82) is 0 Å². The summed E-state index contributed by atoms with van der Waals surface area (Å²) in [5.74, 6) is 0.176. The second kappa shape index (κ2) is 9.31. The number of piperidine rings is 1. The number of fused-ring (bicyclic) bond motifs is 1. The molecule has 0 bridgehead atoms. The summed E-state index contributed by atoms with van der Waals surface area (Å²) in [6.45, 7) is 4.70. The van der Waals surface area contributed by atoms with E-state index in [1.165, 1.54) is 7.11 Å². The van der Waals surface area contributed by atoms with E-state index in [9.17, 15) is 18.0 Å². The van der Waals surface area contributed by atoms with Crippen LogP contribution in [0.3, 0.4) is 0 Å². The summed E-state index contributed by atoms with van der Waals surface area (Å²) in [5.41, 5.74) is 4.06. The molecule has 0 spiro atoms. The number of nitrogens with zero attached hydrogens (tertiary/aromatic N) is 4. The van der Waals surface area contributed by atoms with E-state index in [2.05, 4.69) is 0 Å². The van der Waals surface area contributed by atoms with Crippen molar-refractivity contribution in [1.82, 2.24) is 19.4 Å². The fraction of sp³-hybridized carbons (Fsp3) is 0.462. The number of hydrogen-bond donors (Lipinski definition) is 0. The van der Waals surface area contributed by atoms with Crippen molar-refractivity contribution in [2.24, 2.45) is 5.92 Å². The van der Waals surface area contributed by atoms with Gasteiger partial charge in [0.1, 0.15) is 11.3 Å². The summed E-state index contributed by atoms with van der Waals surface area (Å²) in [7, 11) is -1.73. The molecule has 0 saturated carbocycles. The van der Waals surface area contributed by atoms with Crippen molar-refractivity contribution in [2.75, 3.05) is 31.7 Å². The molecular formula is C26H30N4O5S. The van der Waals surface area contributed by atoms with Gasteiger partial charge < -0.3 is 14.2 Å².